The smallest absolute Gasteiger partial charge is 0.323 e. The summed E-state index contributed by atoms with van der Waals surface area (Å²) in [5.74, 6) is -0.567. The molecule has 1 atom stereocenters. The summed E-state index contributed by atoms with van der Waals surface area (Å²) < 4.78 is 0. The lowest BCUT2D eigenvalue weighted by Gasteiger charge is -2.28. The van der Waals surface area contributed by atoms with Gasteiger partial charge in [0.25, 0.3) is 0 Å². The van der Waals surface area contributed by atoms with Gasteiger partial charge in [0.05, 0.1) is 6.04 Å². The Morgan fingerprint density at radius 3 is 2.05 bits per heavy atom. The van der Waals surface area contributed by atoms with Crippen molar-refractivity contribution < 1.29 is 14.7 Å². The number of carbonyl (C=O) groups is 2. The molecule has 0 heterocycles. The molecule has 0 radical (unpaired) electrons. The highest BCUT2D eigenvalue weighted by atomic mass is 16.4. The predicted octanol–water partition coefficient (Wildman–Crippen LogP) is 2.68. The Bertz CT molecular complexity index is 451. The van der Waals surface area contributed by atoms with E-state index in [2.05, 4.69) is 13.8 Å². The average Bonchev–Trinajstić information content (AvgIpc) is 2.35. The first kappa shape index (κ1) is 15.2. The highest BCUT2D eigenvalue weighted by Crippen LogP contribution is 2.21. The van der Waals surface area contributed by atoms with Crippen molar-refractivity contribution in [1.29, 1.82) is 0 Å². The first-order chi connectivity index (χ1) is 8.82. The van der Waals surface area contributed by atoms with Crippen molar-refractivity contribution in [2.75, 3.05) is 11.4 Å². The largest absolute Gasteiger partial charge is 0.480 e. The topological polar surface area (TPSA) is 57.6 Å². The van der Waals surface area contributed by atoms with E-state index in [9.17, 15) is 9.59 Å². The number of carboxylic acid groups (broad SMARTS) is 1. The molecule has 1 aromatic rings. The van der Waals surface area contributed by atoms with Crippen molar-refractivity contribution in [2.45, 2.75) is 39.7 Å². The first-order valence-electron chi connectivity index (χ1n) is 6.41. The zero-order valence-electron chi connectivity index (χ0n) is 11.9. The van der Waals surface area contributed by atoms with Gasteiger partial charge in [-0.15, -0.1) is 0 Å². The maximum absolute atomic E-state index is 11.5. The summed E-state index contributed by atoms with van der Waals surface area (Å²) in [6.45, 7) is 7.22. The fourth-order valence-electron chi connectivity index (χ4n) is 1.87. The summed E-state index contributed by atoms with van der Waals surface area (Å²) in [7, 11) is 0. The molecule has 1 unspecified atom stereocenters. The highest BCUT2D eigenvalue weighted by Gasteiger charge is 2.20. The average molecular weight is 263 g/mol. The summed E-state index contributed by atoms with van der Waals surface area (Å²) in [6, 6.07) is 7.25. The van der Waals surface area contributed by atoms with Gasteiger partial charge in [0.2, 0.25) is 0 Å². The van der Waals surface area contributed by atoms with E-state index in [0.717, 1.165) is 5.69 Å². The quantitative estimate of drug-likeness (QED) is 0.857. The minimum Gasteiger partial charge on any atom is -0.480 e. The number of aliphatic carboxylic acids is 1. The minimum atomic E-state index is -0.943. The number of anilines is 1. The third-order valence-corrected chi connectivity index (χ3v) is 3.25. The SMILES string of the molecule is CC(=O)C(C)N(CC(=O)O)c1ccc(C(C)C)cc1. The molecule has 0 aliphatic heterocycles. The second kappa shape index (κ2) is 6.36. The number of carbonyl (C=O) groups excluding carboxylic acids is 1. The molecule has 104 valence electrons. The Balaban J connectivity index is 3.03. The van der Waals surface area contributed by atoms with Crippen molar-refractivity contribution in [1.82, 2.24) is 0 Å². The fraction of sp³-hybridized carbons (Fsp3) is 0.467. The van der Waals surface area contributed by atoms with Crippen LogP contribution in [0.2, 0.25) is 0 Å². The van der Waals surface area contributed by atoms with E-state index in [1.165, 1.54) is 12.5 Å². The number of benzene rings is 1. The van der Waals surface area contributed by atoms with Gasteiger partial charge in [-0.3, -0.25) is 9.59 Å². The van der Waals surface area contributed by atoms with Crippen LogP contribution >= 0.6 is 0 Å². The van der Waals surface area contributed by atoms with Gasteiger partial charge < -0.3 is 10.0 Å². The third kappa shape index (κ3) is 4.09. The Morgan fingerprint density at radius 2 is 1.68 bits per heavy atom. The lowest BCUT2D eigenvalue weighted by Crippen LogP contribution is -2.41. The van der Waals surface area contributed by atoms with Crippen molar-refractivity contribution >= 4 is 17.4 Å². The molecule has 4 nitrogen and oxygen atoms in total. The third-order valence-electron chi connectivity index (χ3n) is 3.25. The van der Waals surface area contributed by atoms with Gasteiger partial charge in [0.1, 0.15) is 6.54 Å². The van der Waals surface area contributed by atoms with Crippen LogP contribution in [-0.4, -0.2) is 29.4 Å². The van der Waals surface area contributed by atoms with Gasteiger partial charge in [-0.1, -0.05) is 26.0 Å². The molecule has 19 heavy (non-hydrogen) atoms. The summed E-state index contributed by atoms with van der Waals surface area (Å²) in [5, 5.41) is 8.97. The molecular weight excluding hydrogens is 242 g/mol. The molecule has 0 aromatic heterocycles. The number of hydrogen-bond donors (Lipinski definition) is 1. The molecule has 0 spiro atoms. The molecule has 1 rings (SSSR count). The number of carboxylic acids is 1. The van der Waals surface area contributed by atoms with Crippen molar-refractivity contribution in [3.05, 3.63) is 29.8 Å². The molecule has 0 saturated carbocycles. The van der Waals surface area contributed by atoms with Gasteiger partial charge in [-0.25, -0.2) is 0 Å². The monoisotopic (exact) mass is 263 g/mol. The lowest BCUT2D eigenvalue weighted by molar-refractivity contribution is -0.135. The van der Waals surface area contributed by atoms with E-state index in [1.54, 1.807) is 11.8 Å². The number of rotatable bonds is 6. The predicted molar refractivity (Wildman–Crippen MR) is 75.7 cm³/mol. The van der Waals surface area contributed by atoms with Crippen molar-refractivity contribution in [2.24, 2.45) is 0 Å². The second-order valence-electron chi connectivity index (χ2n) is 5.05. The molecule has 4 heteroatoms. The molecule has 0 fully saturated rings. The van der Waals surface area contributed by atoms with E-state index in [4.69, 9.17) is 5.11 Å². The van der Waals surface area contributed by atoms with Crippen LogP contribution in [0.25, 0.3) is 0 Å². The molecule has 0 bridgehead atoms. The zero-order chi connectivity index (χ0) is 14.6. The van der Waals surface area contributed by atoms with Crippen LogP contribution in [0, 0.1) is 0 Å². The molecular formula is C15H21NO3. The molecule has 1 aromatic carbocycles. The summed E-state index contributed by atoms with van der Waals surface area (Å²) in [4.78, 5) is 24.0. The van der Waals surface area contributed by atoms with Crippen LogP contribution in [0.4, 0.5) is 5.69 Å². The second-order valence-corrected chi connectivity index (χ2v) is 5.05. The maximum Gasteiger partial charge on any atom is 0.323 e. The van der Waals surface area contributed by atoms with Crippen LogP contribution in [0.3, 0.4) is 0 Å². The number of ketones is 1. The molecule has 0 aliphatic rings. The van der Waals surface area contributed by atoms with Crippen LogP contribution in [0.5, 0.6) is 0 Å². The van der Waals surface area contributed by atoms with Crippen LogP contribution in [-0.2, 0) is 9.59 Å². The number of nitrogens with zero attached hydrogens (tertiary/aromatic N) is 1. The van der Waals surface area contributed by atoms with E-state index in [0.29, 0.717) is 5.92 Å². The molecule has 0 aliphatic carbocycles. The Kier molecular flexibility index (Phi) is 5.10. The first-order valence-corrected chi connectivity index (χ1v) is 6.41. The standard InChI is InChI=1S/C15H21NO3/c1-10(2)13-5-7-14(8-6-13)16(9-15(18)19)11(3)12(4)17/h5-8,10-11H,9H2,1-4H3,(H,18,19). The van der Waals surface area contributed by atoms with Crippen LogP contribution in [0.1, 0.15) is 39.2 Å². The summed E-state index contributed by atoms with van der Waals surface area (Å²) >= 11 is 0. The Hall–Kier alpha value is -1.84. The lowest BCUT2D eigenvalue weighted by atomic mass is 10.0. The molecule has 0 saturated heterocycles. The minimum absolute atomic E-state index is 0.0470. The van der Waals surface area contributed by atoms with Gasteiger partial charge in [0, 0.05) is 5.69 Å². The van der Waals surface area contributed by atoms with E-state index in [-0.39, 0.29) is 12.3 Å². The normalized spacial score (nSPS) is 12.3. The van der Waals surface area contributed by atoms with Crippen molar-refractivity contribution in [3.8, 4) is 0 Å². The van der Waals surface area contributed by atoms with Gasteiger partial charge >= 0.3 is 5.97 Å². The fourth-order valence-corrected chi connectivity index (χ4v) is 1.87. The van der Waals surface area contributed by atoms with Gasteiger partial charge in [-0.05, 0) is 37.5 Å². The van der Waals surface area contributed by atoms with Gasteiger partial charge in [0.15, 0.2) is 5.78 Å². The van der Waals surface area contributed by atoms with Crippen LogP contribution < -0.4 is 4.90 Å². The van der Waals surface area contributed by atoms with Crippen LogP contribution in [0.15, 0.2) is 24.3 Å². The number of hydrogen-bond acceptors (Lipinski definition) is 3. The Morgan fingerprint density at radius 1 is 1.16 bits per heavy atom. The van der Waals surface area contributed by atoms with Gasteiger partial charge in [-0.2, -0.15) is 0 Å². The molecule has 0 amide bonds. The molecule has 1 N–H and O–H groups in total. The van der Waals surface area contributed by atoms with Crippen molar-refractivity contribution in [3.63, 3.8) is 0 Å². The van der Waals surface area contributed by atoms with E-state index < -0.39 is 12.0 Å². The maximum atomic E-state index is 11.5. The highest BCUT2D eigenvalue weighted by molar-refractivity contribution is 5.86. The summed E-state index contributed by atoms with van der Waals surface area (Å²) in [5.41, 5.74) is 1.95. The zero-order valence-corrected chi connectivity index (χ0v) is 11.9. The van der Waals surface area contributed by atoms with E-state index >= 15 is 0 Å². The summed E-state index contributed by atoms with van der Waals surface area (Å²) in [6.07, 6.45) is 0. The van der Waals surface area contributed by atoms with E-state index in [1.807, 2.05) is 24.3 Å². The Labute approximate surface area is 114 Å². The number of Topliss-reactive ketones (excluding diaryl/α,β-unsaturated/α-hetero) is 1.